The molecule has 0 radical (unpaired) electrons. The van der Waals surface area contributed by atoms with E-state index in [1.165, 1.54) is 6.33 Å². The second-order valence-electron chi connectivity index (χ2n) is 3.26. The fourth-order valence-electron chi connectivity index (χ4n) is 1.51. The normalized spacial score (nSPS) is 10.6. The van der Waals surface area contributed by atoms with Crippen LogP contribution in [-0.2, 0) is 0 Å². The molecule has 0 saturated carbocycles. The smallest absolute Gasteiger partial charge is 0.200 e. The van der Waals surface area contributed by atoms with Gasteiger partial charge in [-0.05, 0) is 23.7 Å². The van der Waals surface area contributed by atoms with Gasteiger partial charge in [-0.1, -0.05) is 6.07 Å². The summed E-state index contributed by atoms with van der Waals surface area (Å²) in [6.07, 6.45) is 4.89. The third-order valence-corrected chi connectivity index (χ3v) is 3.36. The summed E-state index contributed by atoms with van der Waals surface area (Å²) in [5.74, 6) is 0.778. The molecule has 0 fully saturated rings. The van der Waals surface area contributed by atoms with Crippen LogP contribution in [0.2, 0.25) is 0 Å². The molecule has 0 aromatic carbocycles. The third kappa shape index (κ3) is 1.79. The van der Waals surface area contributed by atoms with Crippen LogP contribution in [0.15, 0.2) is 36.2 Å². The van der Waals surface area contributed by atoms with Crippen LogP contribution in [0.1, 0.15) is 0 Å². The van der Waals surface area contributed by atoms with Gasteiger partial charge in [-0.15, -0.1) is 11.3 Å². The lowest BCUT2D eigenvalue weighted by Gasteiger charge is -2.03. The Kier molecular flexibility index (Phi) is 2.54. The molecule has 0 atom stereocenters. The summed E-state index contributed by atoms with van der Waals surface area (Å²) in [5.41, 5.74) is 0.801. The predicted octanol–water partition coefficient (Wildman–Crippen LogP) is 2.45. The zero-order chi connectivity index (χ0) is 11.7. The fourth-order valence-corrected chi connectivity index (χ4v) is 2.46. The molecule has 3 aromatic rings. The standard InChI is InChI=1S/C10H7N5S2/c16-10-14-13-9(8-2-1-3-17-8)15(10)7-4-11-6-12-5-7/h1-6H,(H,14,16). The molecule has 0 saturated heterocycles. The van der Waals surface area contributed by atoms with Crippen LogP contribution in [0.25, 0.3) is 16.4 Å². The van der Waals surface area contributed by atoms with Gasteiger partial charge in [-0.3, -0.25) is 9.67 Å². The lowest BCUT2D eigenvalue weighted by Crippen LogP contribution is -1.97. The number of hydrogen-bond donors (Lipinski definition) is 1. The first kappa shape index (κ1) is 10.3. The molecule has 1 N–H and O–H groups in total. The number of aromatic amines is 1. The molecule has 17 heavy (non-hydrogen) atoms. The van der Waals surface area contributed by atoms with Crippen molar-refractivity contribution in [2.24, 2.45) is 0 Å². The molecule has 84 valence electrons. The van der Waals surface area contributed by atoms with Gasteiger partial charge >= 0.3 is 0 Å². The molecular weight excluding hydrogens is 254 g/mol. The van der Waals surface area contributed by atoms with E-state index >= 15 is 0 Å². The van der Waals surface area contributed by atoms with Crippen molar-refractivity contribution >= 4 is 23.6 Å². The lowest BCUT2D eigenvalue weighted by atomic mass is 10.4. The van der Waals surface area contributed by atoms with E-state index in [0.29, 0.717) is 4.77 Å². The molecule has 0 aliphatic rings. The number of rotatable bonds is 2. The number of nitrogens with zero attached hydrogens (tertiary/aromatic N) is 4. The number of thiophene rings is 1. The van der Waals surface area contributed by atoms with Crippen molar-refractivity contribution in [2.75, 3.05) is 0 Å². The first-order chi connectivity index (χ1) is 8.36. The Morgan fingerprint density at radius 1 is 1.29 bits per heavy atom. The highest BCUT2D eigenvalue weighted by atomic mass is 32.1. The summed E-state index contributed by atoms with van der Waals surface area (Å²) >= 11 is 6.83. The van der Waals surface area contributed by atoms with E-state index in [1.807, 2.05) is 22.1 Å². The molecule has 0 bridgehead atoms. The average molecular weight is 261 g/mol. The summed E-state index contributed by atoms with van der Waals surface area (Å²) in [4.78, 5) is 9.02. The third-order valence-electron chi connectivity index (χ3n) is 2.22. The Bertz CT molecular complexity index is 668. The van der Waals surface area contributed by atoms with Crippen LogP contribution < -0.4 is 0 Å². The van der Waals surface area contributed by atoms with Crippen LogP contribution in [0.3, 0.4) is 0 Å². The van der Waals surface area contributed by atoms with Crippen molar-refractivity contribution < 1.29 is 0 Å². The van der Waals surface area contributed by atoms with Crippen LogP contribution in [0, 0.1) is 4.77 Å². The van der Waals surface area contributed by atoms with E-state index in [-0.39, 0.29) is 0 Å². The van der Waals surface area contributed by atoms with Gasteiger partial charge in [-0.25, -0.2) is 9.97 Å². The summed E-state index contributed by atoms with van der Waals surface area (Å²) in [6, 6.07) is 3.97. The summed E-state index contributed by atoms with van der Waals surface area (Å²) in [5, 5.41) is 9.03. The Hall–Kier alpha value is -1.86. The monoisotopic (exact) mass is 261 g/mol. The van der Waals surface area contributed by atoms with E-state index in [4.69, 9.17) is 12.2 Å². The van der Waals surface area contributed by atoms with Gasteiger partial charge in [0.15, 0.2) is 10.6 Å². The Morgan fingerprint density at radius 3 is 2.82 bits per heavy atom. The van der Waals surface area contributed by atoms with Crippen molar-refractivity contribution in [3.05, 3.63) is 41.0 Å². The van der Waals surface area contributed by atoms with Gasteiger partial charge in [0.2, 0.25) is 0 Å². The SMILES string of the molecule is S=c1[nH]nc(-c2cccs2)n1-c1cncnc1. The highest BCUT2D eigenvalue weighted by Gasteiger charge is 2.11. The molecule has 0 aliphatic carbocycles. The second kappa shape index (κ2) is 4.19. The molecule has 3 heterocycles. The first-order valence-electron chi connectivity index (χ1n) is 4.83. The van der Waals surface area contributed by atoms with E-state index < -0.39 is 0 Å². The van der Waals surface area contributed by atoms with Gasteiger partial charge < -0.3 is 0 Å². The minimum Gasteiger partial charge on any atom is -0.264 e. The average Bonchev–Trinajstić information content (AvgIpc) is 2.98. The van der Waals surface area contributed by atoms with Crippen LogP contribution >= 0.6 is 23.6 Å². The first-order valence-corrected chi connectivity index (χ1v) is 6.12. The van der Waals surface area contributed by atoms with Crippen molar-refractivity contribution in [3.8, 4) is 16.4 Å². The van der Waals surface area contributed by atoms with Crippen LogP contribution in [0.4, 0.5) is 0 Å². The molecule has 7 heteroatoms. The summed E-state index contributed by atoms with van der Waals surface area (Å²) in [7, 11) is 0. The summed E-state index contributed by atoms with van der Waals surface area (Å²) in [6.45, 7) is 0. The number of aromatic nitrogens is 5. The maximum atomic E-state index is 5.22. The van der Waals surface area contributed by atoms with Crippen LogP contribution in [0.5, 0.6) is 0 Å². The fraction of sp³-hybridized carbons (Fsp3) is 0. The number of nitrogens with one attached hydrogen (secondary N) is 1. The van der Waals surface area contributed by atoms with E-state index in [2.05, 4.69) is 20.2 Å². The maximum Gasteiger partial charge on any atom is 0.200 e. The molecule has 0 aliphatic heterocycles. The minimum absolute atomic E-state index is 0.531. The quantitative estimate of drug-likeness (QED) is 0.720. The van der Waals surface area contributed by atoms with Gasteiger partial charge in [0.25, 0.3) is 0 Å². The van der Waals surface area contributed by atoms with Crippen molar-refractivity contribution in [2.45, 2.75) is 0 Å². The van der Waals surface area contributed by atoms with Gasteiger partial charge in [-0.2, -0.15) is 5.10 Å². The predicted molar refractivity (Wildman–Crippen MR) is 67.7 cm³/mol. The molecular formula is C10H7N5S2. The molecule has 0 unspecified atom stereocenters. The maximum absolute atomic E-state index is 5.22. The zero-order valence-electron chi connectivity index (χ0n) is 8.57. The highest BCUT2D eigenvalue weighted by Crippen LogP contribution is 2.24. The minimum atomic E-state index is 0.531. The van der Waals surface area contributed by atoms with Crippen molar-refractivity contribution in [1.82, 2.24) is 24.7 Å². The highest BCUT2D eigenvalue weighted by molar-refractivity contribution is 7.71. The largest absolute Gasteiger partial charge is 0.264 e. The van der Waals surface area contributed by atoms with Gasteiger partial charge in [0.05, 0.1) is 23.0 Å². The summed E-state index contributed by atoms with van der Waals surface area (Å²) < 4.78 is 2.35. The Labute approximate surface area is 106 Å². The Balaban J connectivity index is 2.24. The van der Waals surface area contributed by atoms with E-state index in [0.717, 1.165) is 16.4 Å². The molecule has 3 aromatic heterocycles. The Morgan fingerprint density at radius 2 is 2.12 bits per heavy atom. The molecule has 5 nitrogen and oxygen atoms in total. The second-order valence-corrected chi connectivity index (χ2v) is 4.60. The lowest BCUT2D eigenvalue weighted by molar-refractivity contribution is 0.996. The molecule has 3 rings (SSSR count). The van der Waals surface area contributed by atoms with Crippen molar-refractivity contribution in [3.63, 3.8) is 0 Å². The molecule has 0 amide bonds. The number of hydrogen-bond acceptors (Lipinski definition) is 5. The molecule has 0 spiro atoms. The van der Waals surface area contributed by atoms with Gasteiger partial charge in [0.1, 0.15) is 6.33 Å². The zero-order valence-corrected chi connectivity index (χ0v) is 10.2. The van der Waals surface area contributed by atoms with E-state index in [9.17, 15) is 0 Å². The van der Waals surface area contributed by atoms with Gasteiger partial charge in [0, 0.05) is 0 Å². The van der Waals surface area contributed by atoms with Crippen molar-refractivity contribution in [1.29, 1.82) is 0 Å². The van der Waals surface area contributed by atoms with E-state index in [1.54, 1.807) is 23.7 Å². The number of H-pyrrole nitrogens is 1. The van der Waals surface area contributed by atoms with Crippen LogP contribution in [-0.4, -0.2) is 24.7 Å². The topological polar surface area (TPSA) is 59.4 Å².